The molecule has 0 saturated heterocycles. The first-order valence-corrected chi connectivity index (χ1v) is 5.14. The quantitative estimate of drug-likeness (QED) is 0.747. The fourth-order valence-electron chi connectivity index (χ4n) is 1.30. The summed E-state index contributed by atoms with van der Waals surface area (Å²) < 4.78 is 0. The molecule has 0 N–H and O–H groups in total. The zero-order chi connectivity index (χ0) is 9.80. The van der Waals surface area contributed by atoms with Gasteiger partial charge in [0, 0.05) is 6.20 Å². The third-order valence-corrected chi connectivity index (χ3v) is 2.79. The van der Waals surface area contributed by atoms with Crippen molar-refractivity contribution in [1.82, 2.24) is 4.98 Å². The van der Waals surface area contributed by atoms with Crippen LogP contribution >= 0.6 is 11.3 Å². The Labute approximate surface area is 86.5 Å². The van der Waals surface area contributed by atoms with Crippen LogP contribution in [0.4, 0.5) is 0 Å². The average Bonchev–Trinajstić information content (AvgIpc) is 2.72. The smallest absolute Gasteiger partial charge is 0.0844 e. The highest BCUT2D eigenvalue weighted by molar-refractivity contribution is 7.13. The molecule has 0 fully saturated rings. The Bertz CT molecular complexity index is 454. The van der Waals surface area contributed by atoms with Crippen LogP contribution in [0.1, 0.15) is 5.56 Å². The monoisotopic (exact) mass is 200 g/mol. The Balaban J connectivity index is 2.48. The number of thiophene rings is 1. The van der Waals surface area contributed by atoms with E-state index in [0.717, 1.165) is 16.1 Å². The molecule has 14 heavy (non-hydrogen) atoms. The van der Waals surface area contributed by atoms with Crippen molar-refractivity contribution in [1.29, 1.82) is 5.26 Å². The Morgan fingerprint density at radius 2 is 2.29 bits per heavy atom. The van der Waals surface area contributed by atoms with Gasteiger partial charge < -0.3 is 0 Å². The summed E-state index contributed by atoms with van der Waals surface area (Å²) in [6, 6.07) is 9.98. The van der Waals surface area contributed by atoms with Gasteiger partial charge in [-0.15, -0.1) is 11.3 Å². The third-order valence-electron chi connectivity index (χ3n) is 1.92. The van der Waals surface area contributed by atoms with Crippen molar-refractivity contribution in [2.45, 2.75) is 6.42 Å². The lowest BCUT2D eigenvalue weighted by molar-refractivity contribution is 1.20. The molecule has 0 aliphatic heterocycles. The molecule has 0 aliphatic carbocycles. The maximum absolute atomic E-state index is 8.67. The highest BCUT2D eigenvalue weighted by Crippen LogP contribution is 2.25. The average molecular weight is 200 g/mol. The van der Waals surface area contributed by atoms with Crippen LogP contribution in [-0.4, -0.2) is 4.98 Å². The van der Waals surface area contributed by atoms with Gasteiger partial charge in [0.05, 0.1) is 23.1 Å². The number of pyridine rings is 1. The Morgan fingerprint density at radius 3 is 3.00 bits per heavy atom. The van der Waals surface area contributed by atoms with Crippen LogP contribution in [0.3, 0.4) is 0 Å². The molecule has 0 unspecified atom stereocenters. The minimum Gasteiger partial charge on any atom is -0.255 e. The lowest BCUT2D eigenvalue weighted by Crippen LogP contribution is -1.89. The van der Waals surface area contributed by atoms with Crippen LogP contribution in [-0.2, 0) is 6.42 Å². The van der Waals surface area contributed by atoms with Crippen LogP contribution in [0.5, 0.6) is 0 Å². The highest BCUT2D eigenvalue weighted by atomic mass is 32.1. The van der Waals surface area contributed by atoms with Crippen molar-refractivity contribution in [2.75, 3.05) is 0 Å². The second-order valence-electron chi connectivity index (χ2n) is 2.82. The molecule has 2 aromatic heterocycles. The first kappa shape index (κ1) is 8.92. The van der Waals surface area contributed by atoms with E-state index in [1.165, 1.54) is 0 Å². The maximum atomic E-state index is 8.67. The van der Waals surface area contributed by atoms with Crippen molar-refractivity contribution >= 4 is 11.3 Å². The van der Waals surface area contributed by atoms with Gasteiger partial charge >= 0.3 is 0 Å². The van der Waals surface area contributed by atoms with Crippen molar-refractivity contribution in [3.8, 4) is 16.6 Å². The summed E-state index contributed by atoms with van der Waals surface area (Å²) in [5.74, 6) is 0. The topological polar surface area (TPSA) is 36.7 Å². The summed E-state index contributed by atoms with van der Waals surface area (Å²) >= 11 is 1.64. The summed E-state index contributed by atoms with van der Waals surface area (Å²) in [5.41, 5.74) is 1.93. The summed E-state index contributed by atoms with van der Waals surface area (Å²) in [7, 11) is 0. The van der Waals surface area contributed by atoms with E-state index in [0.29, 0.717) is 6.42 Å². The number of rotatable bonds is 2. The van der Waals surface area contributed by atoms with Crippen LogP contribution in [0.25, 0.3) is 10.6 Å². The largest absolute Gasteiger partial charge is 0.255 e. The molecule has 2 aromatic rings. The maximum Gasteiger partial charge on any atom is 0.0844 e. The fourth-order valence-corrected chi connectivity index (χ4v) is 2.06. The Kier molecular flexibility index (Phi) is 2.57. The first-order chi connectivity index (χ1) is 6.92. The molecule has 0 saturated carbocycles. The zero-order valence-electron chi connectivity index (χ0n) is 7.47. The normalized spacial score (nSPS) is 9.64. The van der Waals surface area contributed by atoms with Crippen LogP contribution in [0.2, 0.25) is 0 Å². The van der Waals surface area contributed by atoms with Crippen molar-refractivity contribution in [3.63, 3.8) is 0 Å². The molecule has 0 amide bonds. The van der Waals surface area contributed by atoms with Gasteiger partial charge in [0.2, 0.25) is 0 Å². The second-order valence-corrected chi connectivity index (χ2v) is 3.77. The van der Waals surface area contributed by atoms with Crippen molar-refractivity contribution in [2.24, 2.45) is 0 Å². The fraction of sp³-hybridized carbons (Fsp3) is 0.0909. The van der Waals surface area contributed by atoms with Gasteiger partial charge in [0.15, 0.2) is 0 Å². The number of hydrogen-bond acceptors (Lipinski definition) is 3. The molecule has 0 radical (unpaired) electrons. The van der Waals surface area contributed by atoms with Crippen LogP contribution in [0, 0.1) is 11.3 Å². The standard InChI is InChI=1S/C11H8N2S/c12-6-5-9-3-1-7-13-11(9)10-4-2-8-14-10/h1-4,7-8H,5H2. The zero-order valence-corrected chi connectivity index (χ0v) is 8.29. The minimum atomic E-state index is 0.418. The van der Waals surface area contributed by atoms with E-state index in [1.54, 1.807) is 17.5 Å². The second kappa shape index (κ2) is 4.03. The van der Waals surface area contributed by atoms with Crippen LogP contribution in [0.15, 0.2) is 35.8 Å². The van der Waals surface area contributed by atoms with E-state index in [2.05, 4.69) is 11.1 Å². The molecular formula is C11H8N2S. The van der Waals surface area contributed by atoms with Gasteiger partial charge in [-0.1, -0.05) is 12.1 Å². The van der Waals surface area contributed by atoms with Gasteiger partial charge in [-0.25, -0.2) is 0 Å². The van der Waals surface area contributed by atoms with E-state index in [4.69, 9.17) is 5.26 Å². The lowest BCUT2D eigenvalue weighted by atomic mass is 10.1. The van der Waals surface area contributed by atoms with Crippen molar-refractivity contribution in [3.05, 3.63) is 41.4 Å². The number of hydrogen-bond donors (Lipinski definition) is 0. The minimum absolute atomic E-state index is 0.418. The molecule has 3 heteroatoms. The number of nitrogens with zero attached hydrogens (tertiary/aromatic N) is 2. The molecule has 0 aliphatic rings. The van der Waals surface area contributed by atoms with E-state index in [9.17, 15) is 0 Å². The van der Waals surface area contributed by atoms with Gasteiger partial charge in [-0.2, -0.15) is 5.26 Å². The summed E-state index contributed by atoms with van der Waals surface area (Å²) in [6.07, 6.45) is 2.18. The highest BCUT2D eigenvalue weighted by Gasteiger charge is 2.05. The van der Waals surface area contributed by atoms with Gasteiger partial charge in [-0.05, 0) is 23.1 Å². The summed E-state index contributed by atoms with van der Waals surface area (Å²) in [6.45, 7) is 0. The Morgan fingerprint density at radius 1 is 1.36 bits per heavy atom. The van der Waals surface area contributed by atoms with Crippen LogP contribution < -0.4 is 0 Å². The number of nitriles is 1. The number of aromatic nitrogens is 1. The van der Waals surface area contributed by atoms with E-state index in [1.807, 2.05) is 29.6 Å². The predicted octanol–water partition coefficient (Wildman–Crippen LogP) is 2.88. The molecule has 0 aromatic carbocycles. The molecule has 2 rings (SSSR count). The molecule has 2 heterocycles. The SMILES string of the molecule is N#CCc1cccnc1-c1cccs1. The van der Waals surface area contributed by atoms with Gasteiger partial charge in [0.25, 0.3) is 0 Å². The Hall–Kier alpha value is -1.66. The summed E-state index contributed by atoms with van der Waals surface area (Å²) in [5, 5.41) is 10.7. The molecule has 0 atom stereocenters. The van der Waals surface area contributed by atoms with E-state index >= 15 is 0 Å². The third kappa shape index (κ3) is 1.66. The summed E-state index contributed by atoms with van der Waals surface area (Å²) in [4.78, 5) is 5.42. The van der Waals surface area contributed by atoms with Gasteiger partial charge in [0.1, 0.15) is 0 Å². The molecule has 0 spiro atoms. The molecule has 2 nitrogen and oxygen atoms in total. The lowest BCUT2D eigenvalue weighted by Gasteiger charge is -2.01. The molecule has 0 bridgehead atoms. The van der Waals surface area contributed by atoms with E-state index in [-0.39, 0.29) is 0 Å². The predicted molar refractivity (Wildman–Crippen MR) is 56.9 cm³/mol. The van der Waals surface area contributed by atoms with Gasteiger partial charge in [-0.3, -0.25) is 4.98 Å². The first-order valence-electron chi connectivity index (χ1n) is 4.26. The molecular weight excluding hydrogens is 192 g/mol. The van der Waals surface area contributed by atoms with Crippen molar-refractivity contribution < 1.29 is 0 Å². The van der Waals surface area contributed by atoms with E-state index < -0.39 is 0 Å². The molecule has 68 valence electrons.